The highest BCUT2D eigenvalue weighted by Gasteiger charge is 2.85. The maximum atomic E-state index is 13.5. The molecule has 0 N–H and O–H groups in total. The van der Waals surface area contributed by atoms with Crippen LogP contribution in [0.4, 0.5) is 43.9 Å². The van der Waals surface area contributed by atoms with Crippen LogP contribution in [0.15, 0.2) is 49.6 Å². The summed E-state index contributed by atoms with van der Waals surface area (Å²) in [5.74, 6) is -32.3. The van der Waals surface area contributed by atoms with Crippen LogP contribution >= 0.6 is 0 Å². The van der Waals surface area contributed by atoms with E-state index in [4.69, 9.17) is 0 Å². The van der Waals surface area contributed by atoms with Crippen LogP contribution in [0.2, 0.25) is 0 Å². The summed E-state index contributed by atoms with van der Waals surface area (Å²) in [4.78, 5) is 0. The van der Waals surface area contributed by atoms with Crippen molar-refractivity contribution in [3.8, 4) is 0 Å². The van der Waals surface area contributed by atoms with E-state index in [0.717, 1.165) is 0 Å². The van der Waals surface area contributed by atoms with E-state index in [2.05, 4.69) is 26.3 Å². The van der Waals surface area contributed by atoms with Gasteiger partial charge < -0.3 is 0 Å². The standard InChI is InChI=1S/C15H14F10/c1-5-9(3)7-11(16,17)13(20,21)15(24,25)14(22,23)12(18,19)8-10(4)6-2/h5-6H,1-4,7-8H2. The van der Waals surface area contributed by atoms with E-state index in [1.165, 1.54) is 0 Å². The van der Waals surface area contributed by atoms with Crippen LogP contribution in [-0.4, -0.2) is 29.6 Å². The van der Waals surface area contributed by atoms with Gasteiger partial charge in [0.15, 0.2) is 0 Å². The molecule has 144 valence electrons. The lowest BCUT2D eigenvalue weighted by molar-refractivity contribution is -0.400. The molecule has 0 amide bonds. The fourth-order valence-electron chi connectivity index (χ4n) is 1.59. The van der Waals surface area contributed by atoms with Gasteiger partial charge in [-0.1, -0.05) is 38.5 Å². The quantitative estimate of drug-likeness (QED) is 0.301. The first-order valence-electron chi connectivity index (χ1n) is 6.40. The molecule has 0 bridgehead atoms. The van der Waals surface area contributed by atoms with Crippen LogP contribution in [0.5, 0.6) is 0 Å². The number of hydrogen-bond acceptors (Lipinski definition) is 0. The Hall–Kier alpha value is -1.74. The van der Waals surface area contributed by atoms with Crippen molar-refractivity contribution in [2.24, 2.45) is 0 Å². The van der Waals surface area contributed by atoms with Gasteiger partial charge in [-0.3, -0.25) is 0 Å². The van der Waals surface area contributed by atoms with Crippen molar-refractivity contribution in [3.63, 3.8) is 0 Å². The average Bonchev–Trinajstić information content (AvgIpc) is 2.45. The minimum absolute atomic E-state index is 0.503. The van der Waals surface area contributed by atoms with Crippen LogP contribution in [0.25, 0.3) is 0 Å². The third-order valence-corrected chi connectivity index (χ3v) is 3.18. The zero-order chi connectivity index (χ0) is 20.5. The second-order valence-corrected chi connectivity index (χ2v) is 5.21. The van der Waals surface area contributed by atoms with Gasteiger partial charge in [-0.2, -0.15) is 43.9 Å². The number of rotatable bonds is 10. The molecule has 10 heteroatoms. The van der Waals surface area contributed by atoms with Crippen LogP contribution < -0.4 is 0 Å². The number of alkyl halides is 10. The molecular formula is C15H14F10. The summed E-state index contributed by atoms with van der Waals surface area (Å²) in [6.07, 6.45) is -3.36. The third kappa shape index (κ3) is 3.92. The largest absolute Gasteiger partial charge is 0.384 e. The molecule has 0 nitrogen and oxygen atoms in total. The molecule has 0 unspecified atom stereocenters. The predicted molar refractivity (Wildman–Crippen MR) is 72.6 cm³/mol. The molecule has 0 saturated heterocycles. The lowest BCUT2D eigenvalue weighted by atomic mass is 9.89. The molecule has 0 fully saturated rings. The summed E-state index contributed by atoms with van der Waals surface area (Å²) in [5, 5.41) is 0. The molecular weight excluding hydrogens is 370 g/mol. The lowest BCUT2D eigenvalue weighted by Gasteiger charge is -2.39. The monoisotopic (exact) mass is 384 g/mol. The minimum Gasteiger partial charge on any atom is -0.199 e. The Bertz CT molecular complexity index is 509. The molecule has 0 heterocycles. The Morgan fingerprint density at radius 2 is 0.800 bits per heavy atom. The molecule has 0 saturated carbocycles. The van der Waals surface area contributed by atoms with E-state index in [0.29, 0.717) is 12.2 Å². The van der Waals surface area contributed by atoms with Gasteiger partial charge in [-0.05, 0) is 11.1 Å². The molecule has 0 aliphatic rings. The SMILES string of the molecule is C=CC(=C)CC(F)(F)C(F)(F)C(F)(F)C(F)(F)C(F)(F)CC(=C)C=C. The van der Waals surface area contributed by atoms with Gasteiger partial charge in [0.2, 0.25) is 0 Å². The Labute approximate surface area is 137 Å². The first-order valence-corrected chi connectivity index (χ1v) is 6.40. The lowest BCUT2D eigenvalue weighted by Crippen LogP contribution is -2.67. The highest BCUT2D eigenvalue weighted by Crippen LogP contribution is 2.58. The fourth-order valence-corrected chi connectivity index (χ4v) is 1.59. The van der Waals surface area contributed by atoms with Crippen molar-refractivity contribution in [2.45, 2.75) is 42.5 Å². The third-order valence-electron chi connectivity index (χ3n) is 3.18. The molecule has 0 rings (SSSR count). The van der Waals surface area contributed by atoms with Crippen molar-refractivity contribution < 1.29 is 43.9 Å². The first-order chi connectivity index (χ1) is 10.9. The molecule has 0 spiro atoms. The Morgan fingerprint density at radius 3 is 1.00 bits per heavy atom. The van der Waals surface area contributed by atoms with Crippen LogP contribution in [0, 0.1) is 0 Å². The molecule has 0 atom stereocenters. The van der Waals surface area contributed by atoms with E-state index in [-0.39, 0.29) is 0 Å². The van der Waals surface area contributed by atoms with E-state index >= 15 is 0 Å². The molecule has 0 radical (unpaired) electrons. The van der Waals surface area contributed by atoms with Crippen molar-refractivity contribution in [3.05, 3.63) is 49.6 Å². The fraction of sp³-hybridized carbons (Fsp3) is 0.467. The minimum atomic E-state index is -7.09. The number of halogens is 10. The van der Waals surface area contributed by atoms with Crippen molar-refractivity contribution in [1.82, 2.24) is 0 Å². The second kappa shape index (κ2) is 6.87. The molecule has 25 heavy (non-hydrogen) atoms. The average molecular weight is 384 g/mol. The van der Waals surface area contributed by atoms with Crippen LogP contribution in [-0.2, 0) is 0 Å². The predicted octanol–water partition coefficient (Wildman–Crippen LogP) is 6.43. The van der Waals surface area contributed by atoms with Gasteiger partial charge >= 0.3 is 29.6 Å². The number of hydrogen-bond donors (Lipinski definition) is 0. The van der Waals surface area contributed by atoms with Gasteiger partial charge in [0, 0.05) is 12.8 Å². The summed E-state index contributed by atoms with van der Waals surface area (Å²) >= 11 is 0. The Balaban J connectivity index is 6.06. The van der Waals surface area contributed by atoms with Gasteiger partial charge in [0.1, 0.15) is 0 Å². The maximum Gasteiger partial charge on any atom is 0.384 e. The van der Waals surface area contributed by atoms with Crippen molar-refractivity contribution in [2.75, 3.05) is 0 Å². The van der Waals surface area contributed by atoms with E-state index in [1.54, 1.807) is 0 Å². The molecule has 0 aromatic heterocycles. The smallest absolute Gasteiger partial charge is 0.199 e. The normalized spacial score (nSPS) is 14.2. The van der Waals surface area contributed by atoms with Crippen molar-refractivity contribution >= 4 is 0 Å². The van der Waals surface area contributed by atoms with Gasteiger partial charge in [-0.25, -0.2) is 0 Å². The van der Waals surface area contributed by atoms with Crippen LogP contribution in [0.3, 0.4) is 0 Å². The number of allylic oxidation sites excluding steroid dienone is 4. The van der Waals surface area contributed by atoms with E-state index < -0.39 is 53.6 Å². The zero-order valence-electron chi connectivity index (χ0n) is 12.7. The molecule has 0 aromatic carbocycles. The summed E-state index contributed by atoms with van der Waals surface area (Å²) in [6, 6.07) is 0. The summed E-state index contributed by atoms with van der Waals surface area (Å²) in [5.41, 5.74) is -1.76. The first kappa shape index (κ1) is 23.3. The van der Waals surface area contributed by atoms with Gasteiger partial charge in [-0.15, -0.1) is 0 Å². The summed E-state index contributed by atoms with van der Waals surface area (Å²) in [6.45, 7) is 11.3. The second-order valence-electron chi connectivity index (χ2n) is 5.21. The zero-order valence-corrected chi connectivity index (χ0v) is 12.7. The summed E-state index contributed by atoms with van der Waals surface area (Å²) in [7, 11) is 0. The van der Waals surface area contributed by atoms with E-state index in [9.17, 15) is 43.9 Å². The highest BCUT2D eigenvalue weighted by atomic mass is 19.4. The summed E-state index contributed by atoms with van der Waals surface area (Å²) < 4.78 is 135. The van der Waals surface area contributed by atoms with Crippen molar-refractivity contribution in [1.29, 1.82) is 0 Å². The van der Waals surface area contributed by atoms with Gasteiger partial charge in [0.25, 0.3) is 0 Å². The van der Waals surface area contributed by atoms with E-state index in [1.807, 2.05) is 0 Å². The Kier molecular flexibility index (Phi) is 6.39. The Morgan fingerprint density at radius 1 is 0.560 bits per heavy atom. The molecule has 0 aromatic rings. The maximum absolute atomic E-state index is 13.5. The molecule has 0 aliphatic carbocycles. The highest BCUT2D eigenvalue weighted by molar-refractivity contribution is 5.20. The van der Waals surface area contributed by atoms with Gasteiger partial charge in [0.05, 0.1) is 0 Å². The topological polar surface area (TPSA) is 0 Å². The van der Waals surface area contributed by atoms with Crippen LogP contribution in [0.1, 0.15) is 12.8 Å². The molecule has 0 aliphatic heterocycles.